The number of nitrogen functional groups attached to an aromatic ring is 1. The second kappa shape index (κ2) is 5.44. The third-order valence-electron chi connectivity index (χ3n) is 3.10. The Bertz CT molecular complexity index is 908. The van der Waals surface area contributed by atoms with Crippen LogP contribution in [0, 0.1) is 5.82 Å². The summed E-state index contributed by atoms with van der Waals surface area (Å²) in [6, 6.07) is 7.76. The second-order valence-corrected chi connectivity index (χ2v) is 4.59. The average Bonchev–Trinajstić information content (AvgIpc) is 2.49. The summed E-state index contributed by atoms with van der Waals surface area (Å²) in [5, 5.41) is 0. The van der Waals surface area contributed by atoms with Crippen LogP contribution >= 0.6 is 0 Å². The number of nitrogens with two attached hydrogens (primary N) is 1. The Balaban J connectivity index is 2.14. The quantitative estimate of drug-likeness (QED) is 0.772. The number of ether oxygens (including phenoxy) is 1. The molecule has 0 saturated heterocycles. The Morgan fingerprint density at radius 3 is 2.86 bits per heavy atom. The molecule has 0 amide bonds. The van der Waals surface area contributed by atoms with E-state index in [1.54, 1.807) is 31.2 Å². The first-order chi connectivity index (χ1) is 10.6. The van der Waals surface area contributed by atoms with Crippen molar-refractivity contribution in [3.8, 4) is 17.0 Å². The number of rotatable bonds is 3. The molecule has 6 nitrogen and oxygen atoms in total. The van der Waals surface area contributed by atoms with Crippen LogP contribution in [0.3, 0.4) is 0 Å². The van der Waals surface area contributed by atoms with Crippen molar-refractivity contribution >= 4 is 17.0 Å². The lowest BCUT2D eigenvalue weighted by Crippen LogP contribution is -2.12. The number of hydrogen-bond acceptors (Lipinski definition) is 5. The average molecular weight is 300 g/mol. The molecule has 3 aromatic rings. The van der Waals surface area contributed by atoms with Crippen LogP contribution in [0.2, 0.25) is 0 Å². The fourth-order valence-electron chi connectivity index (χ4n) is 2.13. The molecule has 1 aromatic carbocycles. The highest BCUT2D eigenvalue weighted by molar-refractivity contribution is 5.78. The Labute approximate surface area is 124 Å². The summed E-state index contributed by atoms with van der Waals surface area (Å²) in [7, 11) is 0. The highest BCUT2D eigenvalue weighted by atomic mass is 19.1. The fourth-order valence-corrected chi connectivity index (χ4v) is 2.13. The first-order valence-electron chi connectivity index (χ1n) is 6.67. The lowest BCUT2D eigenvalue weighted by atomic mass is 10.1. The lowest BCUT2D eigenvalue weighted by Gasteiger charge is -2.08. The largest absolute Gasteiger partial charge is 0.491 e. The summed E-state index contributed by atoms with van der Waals surface area (Å²) >= 11 is 0. The van der Waals surface area contributed by atoms with Crippen LogP contribution in [0.15, 0.2) is 35.1 Å². The first-order valence-corrected chi connectivity index (χ1v) is 6.67. The van der Waals surface area contributed by atoms with Gasteiger partial charge in [0.05, 0.1) is 17.8 Å². The Kier molecular flexibility index (Phi) is 3.46. The maximum absolute atomic E-state index is 13.6. The van der Waals surface area contributed by atoms with Gasteiger partial charge >= 0.3 is 0 Å². The summed E-state index contributed by atoms with van der Waals surface area (Å²) in [6.45, 7) is 2.13. The van der Waals surface area contributed by atoms with Crippen LogP contribution < -0.4 is 16.0 Å². The van der Waals surface area contributed by atoms with Gasteiger partial charge in [0.15, 0.2) is 17.1 Å². The molecule has 0 unspecified atom stereocenters. The summed E-state index contributed by atoms with van der Waals surface area (Å²) in [5.41, 5.74) is 6.81. The van der Waals surface area contributed by atoms with Crippen molar-refractivity contribution < 1.29 is 9.13 Å². The van der Waals surface area contributed by atoms with Crippen LogP contribution in [0.1, 0.15) is 6.92 Å². The van der Waals surface area contributed by atoms with Gasteiger partial charge in [-0.15, -0.1) is 0 Å². The van der Waals surface area contributed by atoms with Crippen LogP contribution in [0.4, 0.5) is 10.3 Å². The molecule has 0 aliphatic heterocycles. The highest BCUT2D eigenvalue weighted by Gasteiger charge is 2.10. The normalized spacial score (nSPS) is 10.8. The van der Waals surface area contributed by atoms with E-state index in [1.807, 2.05) is 0 Å². The number of aromatic amines is 1. The van der Waals surface area contributed by atoms with Crippen molar-refractivity contribution in [1.82, 2.24) is 15.0 Å². The number of halogens is 1. The van der Waals surface area contributed by atoms with Crippen molar-refractivity contribution in [2.45, 2.75) is 6.92 Å². The summed E-state index contributed by atoms with van der Waals surface area (Å²) in [5.74, 6) is -0.266. The number of hydrogen-bond donors (Lipinski definition) is 2. The molecule has 0 fully saturated rings. The van der Waals surface area contributed by atoms with Gasteiger partial charge in [-0.3, -0.25) is 9.78 Å². The Morgan fingerprint density at radius 1 is 1.27 bits per heavy atom. The summed E-state index contributed by atoms with van der Waals surface area (Å²) in [4.78, 5) is 22.6. The van der Waals surface area contributed by atoms with Gasteiger partial charge in [0, 0.05) is 5.56 Å². The van der Waals surface area contributed by atoms with Crippen molar-refractivity contribution in [1.29, 1.82) is 0 Å². The molecule has 3 N–H and O–H groups in total. The van der Waals surface area contributed by atoms with Gasteiger partial charge in [0.2, 0.25) is 5.95 Å². The minimum absolute atomic E-state index is 0.0347. The van der Waals surface area contributed by atoms with Crippen LogP contribution in [0.25, 0.3) is 22.3 Å². The molecule has 112 valence electrons. The molecule has 0 aliphatic carbocycles. The van der Waals surface area contributed by atoms with Gasteiger partial charge in [-0.2, -0.15) is 0 Å². The standard InChI is InChI=1S/C15H13FN4O2/c1-2-22-12-7-8(3-4-9(12)16)10-5-6-11-13(18-10)14(21)20-15(17)19-11/h3-7H,2H2,1H3,(H3,17,19,20,21). The van der Waals surface area contributed by atoms with Gasteiger partial charge in [-0.1, -0.05) is 0 Å². The molecule has 3 rings (SSSR count). The highest BCUT2D eigenvalue weighted by Crippen LogP contribution is 2.26. The van der Waals surface area contributed by atoms with E-state index in [0.29, 0.717) is 23.4 Å². The van der Waals surface area contributed by atoms with E-state index in [9.17, 15) is 9.18 Å². The Hall–Kier alpha value is -2.96. The number of nitrogens with one attached hydrogen (secondary N) is 1. The zero-order valence-corrected chi connectivity index (χ0v) is 11.8. The summed E-state index contributed by atoms with van der Waals surface area (Å²) < 4.78 is 18.8. The monoisotopic (exact) mass is 300 g/mol. The van der Waals surface area contributed by atoms with Gasteiger partial charge in [0.25, 0.3) is 5.56 Å². The topological polar surface area (TPSA) is 93.9 Å². The third-order valence-corrected chi connectivity index (χ3v) is 3.10. The molecular weight excluding hydrogens is 287 g/mol. The lowest BCUT2D eigenvalue weighted by molar-refractivity contribution is 0.322. The van der Waals surface area contributed by atoms with E-state index < -0.39 is 11.4 Å². The van der Waals surface area contributed by atoms with E-state index in [1.165, 1.54) is 6.07 Å². The third kappa shape index (κ3) is 2.48. The van der Waals surface area contributed by atoms with Crippen molar-refractivity contribution in [2.24, 2.45) is 0 Å². The zero-order chi connectivity index (χ0) is 15.7. The van der Waals surface area contributed by atoms with Crippen LogP contribution in [0.5, 0.6) is 5.75 Å². The van der Waals surface area contributed by atoms with E-state index in [4.69, 9.17) is 10.5 Å². The van der Waals surface area contributed by atoms with Crippen molar-refractivity contribution in [3.05, 3.63) is 46.5 Å². The smallest absolute Gasteiger partial charge is 0.278 e. The molecule has 0 spiro atoms. The first kappa shape index (κ1) is 14.0. The SMILES string of the molecule is CCOc1cc(-c2ccc3nc(N)[nH]c(=O)c3n2)ccc1F. The number of pyridine rings is 1. The van der Waals surface area contributed by atoms with E-state index in [2.05, 4.69) is 15.0 Å². The predicted molar refractivity (Wildman–Crippen MR) is 81.1 cm³/mol. The maximum Gasteiger partial charge on any atom is 0.278 e. The Morgan fingerprint density at radius 2 is 2.09 bits per heavy atom. The van der Waals surface area contributed by atoms with Gasteiger partial charge < -0.3 is 10.5 Å². The van der Waals surface area contributed by atoms with Gasteiger partial charge in [-0.25, -0.2) is 14.4 Å². The summed E-state index contributed by atoms with van der Waals surface area (Å²) in [6.07, 6.45) is 0. The number of benzene rings is 1. The predicted octanol–water partition coefficient (Wildman–Crippen LogP) is 2.11. The van der Waals surface area contributed by atoms with E-state index >= 15 is 0 Å². The molecule has 0 saturated carbocycles. The van der Waals surface area contributed by atoms with Crippen molar-refractivity contribution in [3.63, 3.8) is 0 Å². The number of nitrogens with zero attached hydrogens (tertiary/aromatic N) is 2. The number of fused-ring (bicyclic) bond motifs is 1. The minimum Gasteiger partial charge on any atom is -0.491 e. The number of aromatic nitrogens is 3. The van der Waals surface area contributed by atoms with E-state index in [-0.39, 0.29) is 17.2 Å². The van der Waals surface area contributed by atoms with Crippen molar-refractivity contribution in [2.75, 3.05) is 12.3 Å². The molecule has 0 bridgehead atoms. The second-order valence-electron chi connectivity index (χ2n) is 4.59. The number of H-pyrrole nitrogens is 1. The minimum atomic E-state index is -0.446. The molecular formula is C15H13FN4O2. The molecule has 2 aromatic heterocycles. The fraction of sp³-hybridized carbons (Fsp3) is 0.133. The molecule has 2 heterocycles. The molecule has 0 aliphatic rings. The maximum atomic E-state index is 13.6. The number of anilines is 1. The van der Waals surface area contributed by atoms with Gasteiger partial charge in [-0.05, 0) is 37.3 Å². The molecule has 0 radical (unpaired) electrons. The van der Waals surface area contributed by atoms with E-state index in [0.717, 1.165) is 0 Å². The molecule has 22 heavy (non-hydrogen) atoms. The van der Waals surface area contributed by atoms with Crippen LogP contribution in [-0.2, 0) is 0 Å². The molecule has 0 atom stereocenters. The van der Waals surface area contributed by atoms with Gasteiger partial charge in [0.1, 0.15) is 0 Å². The zero-order valence-electron chi connectivity index (χ0n) is 11.8. The van der Waals surface area contributed by atoms with Crippen LogP contribution in [-0.4, -0.2) is 21.6 Å². The molecule has 7 heteroatoms.